The number of rotatable bonds is 4. The molecule has 0 amide bonds. The number of halogens is 1. The third-order valence-corrected chi connectivity index (χ3v) is 2.88. The molecular weight excluding hydrogens is 228 g/mol. The predicted octanol–water partition coefficient (Wildman–Crippen LogP) is 1.73. The lowest BCUT2D eigenvalue weighted by Gasteiger charge is -2.04. The van der Waals surface area contributed by atoms with Crippen LogP contribution in [-0.2, 0) is 16.0 Å². The van der Waals surface area contributed by atoms with Crippen molar-refractivity contribution in [3.05, 3.63) is 21.3 Å². The van der Waals surface area contributed by atoms with Gasteiger partial charge in [0.1, 0.15) is 0 Å². The van der Waals surface area contributed by atoms with Crippen molar-refractivity contribution in [3.63, 3.8) is 0 Å². The Morgan fingerprint density at radius 1 is 1.36 bits per heavy atom. The van der Waals surface area contributed by atoms with Crippen LogP contribution in [0.4, 0.5) is 0 Å². The van der Waals surface area contributed by atoms with E-state index >= 15 is 0 Å². The first-order chi connectivity index (χ1) is 6.50. The van der Waals surface area contributed by atoms with E-state index in [1.54, 1.807) is 12.1 Å². The molecule has 0 aliphatic rings. The molecule has 0 aliphatic heterocycles. The number of hydrogen-bond donors (Lipinski definition) is 2. The Bertz CT molecular complexity index is 346. The fourth-order valence-electron chi connectivity index (χ4n) is 0.943. The Hall–Kier alpha value is -1.07. The number of aliphatic carboxylic acids is 2. The summed E-state index contributed by atoms with van der Waals surface area (Å²) in [5.41, 5.74) is 0. The Balaban J connectivity index is 2.74. The van der Waals surface area contributed by atoms with Crippen molar-refractivity contribution in [3.8, 4) is 0 Å². The van der Waals surface area contributed by atoms with Gasteiger partial charge in [-0.3, -0.25) is 9.59 Å². The fraction of sp³-hybridized carbons (Fsp3) is 0.250. The first-order valence-electron chi connectivity index (χ1n) is 3.70. The van der Waals surface area contributed by atoms with Crippen LogP contribution in [0.5, 0.6) is 0 Å². The largest absolute Gasteiger partial charge is 0.481 e. The lowest BCUT2D eigenvalue weighted by molar-refractivity contribution is -0.154. The molecule has 1 heterocycles. The zero-order valence-corrected chi connectivity index (χ0v) is 8.51. The third kappa shape index (κ3) is 2.71. The van der Waals surface area contributed by atoms with Gasteiger partial charge in [-0.2, -0.15) is 0 Å². The number of thiophene rings is 1. The monoisotopic (exact) mass is 234 g/mol. The van der Waals surface area contributed by atoms with Crippen LogP contribution in [0.2, 0.25) is 4.34 Å². The molecule has 0 fully saturated rings. The highest BCUT2D eigenvalue weighted by Crippen LogP contribution is 2.24. The zero-order valence-electron chi connectivity index (χ0n) is 6.94. The van der Waals surface area contributed by atoms with Crippen molar-refractivity contribution in [2.24, 2.45) is 5.92 Å². The smallest absolute Gasteiger partial charge is 0.318 e. The standard InChI is InChI=1S/C8H7ClO4S/c9-6-2-1-4(14-6)3-5(7(10)11)8(12)13/h1-2,5H,3H2,(H,10,11)(H,12,13). The summed E-state index contributed by atoms with van der Waals surface area (Å²) >= 11 is 6.82. The highest BCUT2D eigenvalue weighted by atomic mass is 35.5. The van der Waals surface area contributed by atoms with Crippen LogP contribution in [0.15, 0.2) is 12.1 Å². The molecule has 1 aromatic heterocycles. The second-order valence-corrected chi connectivity index (χ2v) is 4.44. The second kappa shape index (κ2) is 4.43. The van der Waals surface area contributed by atoms with Crippen LogP contribution in [-0.4, -0.2) is 22.2 Å². The Morgan fingerprint density at radius 3 is 2.29 bits per heavy atom. The summed E-state index contributed by atoms with van der Waals surface area (Å²) in [7, 11) is 0. The summed E-state index contributed by atoms with van der Waals surface area (Å²) in [6.45, 7) is 0. The third-order valence-electron chi connectivity index (χ3n) is 1.63. The number of carboxylic acid groups (broad SMARTS) is 2. The van der Waals surface area contributed by atoms with Gasteiger partial charge in [0.15, 0.2) is 5.92 Å². The molecule has 0 radical (unpaired) electrons. The highest BCUT2D eigenvalue weighted by Gasteiger charge is 2.26. The van der Waals surface area contributed by atoms with E-state index in [9.17, 15) is 9.59 Å². The van der Waals surface area contributed by atoms with Gasteiger partial charge in [-0.1, -0.05) is 11.6 Å². The molecule has 2 N–H and O–H groups in total. The quantitative estimate of drug-likeness (QED) is 0.778. The molecule has 0 atom stereocenters. The van der Waals surface area contributed by atoms with E-state index in [4.69, 9.17) is 21.8 Å². The van der Waals surface area contributed by atoms with Gasteiger partial charge in [0.05, 0.1) is 4.34 Å². The van der Waals surface area contributed by atoms with E-state index in [0.29, 0.717) is 9.21 Å². The van der Waals surface area contributed by atoms with E-state index in [-0.39, 0.29) is 6.42 Å². The van der Waals surface area contributed by atoms with Crippen LogP contribution in [0.25, 0.3) is 0 Å². The zero-order chi connectivity index (χ0) is 10.7. The van der Waals surface area contributed by atoms with E-state index < -0.39 is 17.9 Å². The van der Waals surface area contributed by atoms with Gasteiger partial charge in [0.25, 0.3) is 0 Å². The molecule has 0 spiro atoms. The van der Waals surface area contributed by atoms with Crippen molar-refractivity contribution in [2.45, 2.75) is 6.42 Å². The molecule has 4 nitrogen and oxygen atoms in total. The van der Waals surface area contributed by atoms with Crippen molar-refractivity contribution in [1.29, 1.82) is 0 Å². The molecule has 0 unspecified atom stereocenters. The number of hydrogen-bond acceptors (Lipinski definition) is 3. The van der Waals surface area contributed by atoms with E-state index in [0.717, 1.165) is 0 Å². The highest BCUT2D eigenvalue weighted by molar-refractivity contribution is 7.16. The Morgan fingerprint density at radius 2 is 1.93 bits per heavy atom. The summed E-state index contributed by atoms with van der Waals surface area (Å²) < 4.78 is 0.523. The van der Waals surface area contributed by atoms with Gasteiger partial charge in [0.2, 0.25) is 0 Å². The lowest BCUT2D eigenvalue weighted by Crippen LogP contribution is -2.25. The summed E-state index contributed by atoms with van der Waals surface area (Å²) in [5, 5.41) is 17.2. The van der Waals surface area contributed by atoms with Crippen LogP contribution in [0, 0.1) is 5.92 Å². The number of carbonyl (C=O) groups is 2. The molecule has 1 aromatic rings. The minimum absolute atomic E-state index is 0.0257. The normalized spacial score (nSPS) is 10.4. The first kappa shape index (κ1) is 11.0. The minimum Gasteiger partial charge on any atom is -0.481 e. The van der Waals surface area contributed by atoms with Crippen LogP contribution < -0.4 is 0 Å². The van der Waals surface area contributed by atoms with Gasteiger partial charge >= 0.3 is 11.9 Å². The van der Waals surface area contributed by atoms with Crippen LogP contribution in [0.1, 0.15) is 4.88 Å². The van der Waals surface area contributed by atoms with Gasteiger partial charge in [-0.25, -0.2) is 0 Å². The maximum Gasteiger partial charge on any atom is 0.318 e. The van der Waals surface area contributed by atoms with Gasteiger partial charge in [0, 0.05) is 11.3 Å². The van der Waals surface area contributed by atoms with Crippen molar-refractivity contribution >= 4 is 34.9 Å². The topological polar surface area (TPSA) is 74.6 Å². The minimum atomic E-state index is -1.40. The average Bonchev–Trinajstić information content (AvgIpc) is 2.46. The molecule has 0 saturated heterocycles. The molecule has 0 saturated carbocycles. The van der Waals surface area contributed by atoms with Gasteiger partial charge in [-0.15, -0.1) is 11.3 Å². The molecule has 14 heavy (non-hydrogen) atoms. The Kier molecular flexibility index (Phi) is 3.49. The predicted molar refractivity (Wildman–Crippen MR) is 51.8 cm³/mol. The molecular formula is C8H7ClO4S. The summed E-state index contributed by atoms with van der Waals surface area (Å²) in [4.78, 5) is 21.7. The molecule has 1 rings (SSSR count). The molecule has 0 aromatic carbocycles. The van der Waals surface area contributed by atoms with Crippen molar-refractivity contribution in [1.82, 2.24) is 0 Å². The van der Waals surface area contributed by atoms with Gasteiger partial charge < -0.3 is 10.2 Å². The summed E-state index contributed by atoms with van der Waals surface area (Å²) in [5.74, 6) is -4.06. The Labute approximate surface area is 88.7 Å². The van der Waals surface area contributed by atoms with Gasteiger partial charge in [-0.05, 0) is 12.1 Å². The van der Waals surface area contributed by atoms with Crippen molar-refractivity contribution < 1.29 is 19.8 Å². The molecule has 76 valence electrons. The summed E-state index contributed by atoms with van der Waals surface area (Å²) in [6.07, 6.45) is -0.0257. The molecule has 0 bridgehead atoms. The maximum absolute atomic E-state index is 10.5. The molecule has 0 aliphatic carbocycles. The second-order valence-electron chi connectivity index (χ2n) is 2.64. The first-order valence-corrected chi connectivity index (χ1v) is 4.90. The lowest BCUT2D eigenvalue weighted by atomic mass is 10.1. The molecule has 6 heteroatoms. The van der Waals surface area contributed by atoms with E-state index in [1.165, 1.54) is 11.3 Å². The van der Waals surface area contributed by atoms with Crippen LogP contribution in [0.3, 0.4) is 0 Å². The van der Waals surface area contributed by atoms with E-state index in [2.05, 4.69) is 0 Å². The maximum atomic E-state index is 10.5. The SMILES string of the molecule is O=C(O)C(Cc1ccc(Cl)s1)C(=O)O. The van der Waals surface area contributed by atoms with Crippen molar-refractivity contribution in [2.75, 3.05) is 0 Å². The fourth-order valence-corrected chi connectivity index (χ4v) is 2.08. The number of carboxylic acids is 2. The van der Waals surface area contributed by atoms with Crippen LogP contribution >= 0.6 is 22.9 Å². The summed E-state index contributed by atoms with van der Waals surface area (Å²) in [6, 6.07) is 3.24. The van der Waals surface area contributed by atoms with E-state index in [1.807, 2.05) is 0 Å². The average molecular weight is 235 g/mol.